The smallest absolute Gasteiger partial charge is 0.265 e. The number of rotatable bonds is 2. The molecule has 0 saturated heterocycles. The van der Waals surface area contributed by atoms with E-state index >= 15 is 0 Å². The van der Waals surface area contributed by atoms with E-state index in [9.17, 15) is 13.6 Å². The molecule has 1 heterocycles. The van der Waals surface area contributed by atoms with Gasteiger partial charge in [-0.15, -0.1) is 11.3 Å². The van der Waals surface area contributed by atoms with E-state index in [4.69, 9.17) is 0 Å². The standard InChI is InChI=1S/C15H8BrF2NOS/c16-9-6-11(18)12(7-10(9)17)19-15(20)14-5-8-3-1-2-4-13(8)21-14/h1-7H,(H,19,20). The molecule has 0 saturated carbocycles. The molecule has 0 fully saturated rings. The van der Waals surface area contributed by atoms with Gasteiger partial charge in [-0.1, -0.05) is 18.2 Å². The lowest BCUT2D eigenvalue weighted by molar-refractivity contribution is 0.103. The number of carbonyl (C=O) groups excluding carboxylic acids is 1. The van der Waals surface area contributed by atoms with Gasteiger partial charge in [-0.25, -0.2) is 8.78 Å². The zero-order valence-electron chi connectivity index (χ0n) is 10.5. The Morgan fingerprint density at radius 2 is 1.86 bits per heavy atom. The van der Waals surface area contributed by atoms with E-state index in [0.29, 0.717) is 4.88 Å². The van der Waals surface area contributed by atoms with E-state index in [1.165, 1.54) is 11.3 Å². The van der Waals surface area contributed by atoms with Crippen molar-refractivity contribution in [1.82, 2.24) is 0 Å². The second kappa shape index (κ2) is 5.54. The van der Waals surface area contributed by atoms with E-state index in [0.717, 1.165) is 22.2 Å². The van der Waals surface area contributed by atoms with Crippen LogP contribution in [0, 0.1) is 11.6 Å². The van der Waals surface area contributed by atoms with Crippen molar-refractivity contribution < 1.29 is 13.6 Å². The highest BCUT2D eigenvalue weighted by Crippen LogP contribution is 2.27. The number of hydrogen-bond donors (Lipinski definition) is 1. The number of amides is 1. The summed E-state index contributed by atoms with van der Waals surface area (Å²) in [4.78, 5) is 12.6. The van der Waals surface area contributed by atoms with Crippen molar-refractivity contribution in [3.63, 3.8) is 0 Å². The maximum Gasteiger partial charge on any atom is 0.265 e. The molecule has 2 aromatic carbocycles. The first-order chi connectivity index (χ1) is 10.0. The van der Waals surface area contributed by atoms with Gasteiger partial charge in [0, 0.05) is 10.8 Å². The van der Waals surface area contributed by atoms with E-state index < -0.39 is 17.5 Å². The molecule has 106 valence electrons. The quantitative estimate of drug-likeness (QED) is 0.620. The predicted octanol–water partition coefficient (Wildman–Crippen LogP) is 5.19. The Bertz CT molecular complexity index is 814. The van der Waals surface area contributed by atoms with Gasteiger partial charge in [-0.05, 0) is 39.5 Å². The van der Waals surface area contributed by atoms with Crippen molar-refractivity contribution in [3.05, 3.63) is 63.4 Å². The van der Waals surface area contributed by atoms with Crippen LogP contribution < -0.4 is 5.32 Å². The highest BCUT2D eigenvalue weighted by Gasteiger charge is 2.14. The summed E-state index contributed by atoms with van der Waals surface area (Å²) in [6.07, 6.45) is 0. The summed E-state index contributed by atoms with van der Waals surface area (Å²) >= 11 is 4.19. The number of fused-ring (bicyclic) bond motifs is 1. The van der Waals surface area contributed by atoms with Crippen LogP contribution in [0.5, 0.6) is 0 Å². The van der Waals surface area contributed by atoms with Crippen molar-refractivity contribution in [2.24, 2.45) is 0 Å². The van der Waals surface area contributed by atoms with Crippen molar-refractivity contribution in [3.8, 4) is 0 Å². The highest BCUT2D eigenvalue weighted by atomic mass is 79.9. The summed E-state index contributed by atoms with van der Waals surface area (Å²) in [6.45, 7) is 0. The third-order valence-corrected chi connectivity index (χ3v) is 4.63. The number of thiophene rings is 1. The molecule has 2 nitrogen and oxygen atoms in total. The molecule has 1 N–H and O–H groups in total. The molecular formula is C15H8BrF2NOS. The first-order valence-corrected chi connectivity index (χ1v) is 7.60. The summed E-state index contributed by atoms with van der Waals surface area (Å²) in [7, 11) is 0. The second-order valence-electron chi connectivity index (χ2n) is 4.35. The molecule has 21 heavy (non-hydrogen) atoms. The second-order valence-corrected chi connectivity index (χ2v) is 6.29. The van der Waals surface area contributed by atoms with Gasteiger partial charge in [-0.3, -0.25) is 4.79 Å². The molecule has 0 aliphatic heterocycles. The molecule has 3 rings (SSSR count). The largest absolute Gasteiger partial charge is 0.319 e. The normalized spacial score (nSPS) is 10.8. The molecule has 1 amide bonds. The number of nitrogens with one attached hydrogen (secondary N) is 1. The summed E-state index contributed by atoms with van der Waals surface area (Å²) in [5.41, 5.74) is -0.182. The van der Waals surface area contributed by atoms with Crippen LogP contribution in [0.15, 0.2) is 46.9 Å². The topological polar surface area (TPSA) is 29.1 Å². The van der Waals surface area contributed by atoms with Crippen LogP contribution in [0.4, 0.5) is 14.5 Å². The number of carbonyl (C=O) groups is 1. The van der Waals surface area contributed by atoms with Gasteiger partial charge in [0.25, 0.3) is 5.91 Å². The minimum atomic E-state index is -0.697. The summed E-state index contributed by atoms with van der Waals surface area (Å²) in [6, 6.07) is 11.2. The molecular weight excluding hydrogens is 360 g/mol. The third kappa shape index (κ3) is 2.82. The van der Waals surface area contributed by atoms with E-state index in [1.807, 2.05) is 24.3 Å². The summed E-state index contributed by atoms with van der Waals surface area (Å²) in [5.74, 6) is -1.79. The van der Waals surface area contributed by atoms with Gasteiger partial charge in [0.05, 0.1) is 15.0 Å². The fourth-order valence-electron chi connectivity index (χ4n) is 1.90. The maximum atomic E-state index is 13.7. The molecule has 0 bridgehead atoms. The first-order valence-electron chi connectivity index (χ1n) is 5.99. The number of hydrogen-bond acceptors (Lipinski definition) is 2. The first kappa shape index (κ1) is 14.2. The Morgan fingerprint density at radius 1 is 1.10 bits per heavy atom. The molecule has 6 heteroatoms. The van der Waals surface area contributed by atoms with Crippen LogP contribution in [0.1, 0.15) is 9.67 Å². The average molecular weight is 368 g/mol. The molecule has 0 aliphatic rings. The summed E-state index contributed by atoms with van der Waals surface area (Å²) < 4.78 is 28.1. The Balaban J connectivity index is 1.91. The van der Waals surface area contributed by atoms with Crippen molar-refractivity contribution in [1.29, 1.82) is 0 Å². The van der Waals surface area contributed by atoms with Gasteiger partial charge in [0.2, 0.25) is 0 Å². The number of benzene rings is 2. The minimum absolute atomic E-state index is 0.0138. The van der Waals surface area contributed by atoms with Crippen LogP contribution in [-0.2, 0) is 0 Å². The monoisotopic (exact) mass is 367 g/mol. The van der Waals surface area contributed by atoms with Crippen LogP contribution in [0.2, 0.25) is 0 Å². The van der Waals surface area contributed by atoms with Crippen LogP contribution in [0.25, 0.3) is 10.1 Å². The fraction of sp³-hybridized carbons (Fsp3) is 0. The molecule has 0 unspecified atom stereocenters. The zero-order valence-corrected chi connectivity index (χ0v) is 12.9. The van der Waals surface area contributed by atoms with E-state index in [1.54, 1.807) is 6.07 Å². The number of halogens is 3. The van der Waals surface area contributed by atoms with Gasteiger partial charge >= 0.3 is 0 Å². The summed E-state index contributed by atoms with van der Waals surface area (Å²) in [5, 5.41) is 3.33. The van der Waals surface area contributed by atoms with Crippen molar-refractivity contribution in [2.45, 2.75) is 0 Å². The average Bonchev–Trinajstić information content (AvgIpc) is 2.88. The van der Waals surface area contributed by atoms with Gasteiger partial charge in [-0.2, -0.15) is 0 Å². The lowest BCUT2D eigenvalue weighted by atomic mass is 10.2. The van der Waals surface area contributed by atoms with Crippen molar-refractivity contribution >= 4 is 48.9 Å². The van der Waals surface area contributed by atoms with Crippen LogP contribution in [0.3, 0.4) is 0 Å². The maximum absolute atomic E-state index is 13.7. The Labute approximate surface area is 131 Å². The fourth-order valence-corrected chi connectivity index (χ4v) is 3.17. The van der Waals surface area contributed by atoms with Gasteiger partial charge in [0.1, 0.15) is 11.6 Å². The number of anilines is 1. The molecule has 0 atom stereocenters. The molecule has 0 radical (unpaired) electrons. The van der Waals surface area contributed by atoms with E-state index in [-0.39, 0.29) is 10.2 Å². The van der Waals surface area contributed by atoms with E-state index in [2.05, 4.69) is 21.2 Å². The predicted molar refractivity (Wildman–Crippen MR) is 83.8 cm³/mol. The lowest BCUT2D eigenvalue weighted by Crippen LogP contribution is -2.11. The van der Waals surface area contributed by atoms with Gasteiger partial charge in [0.15, 0.2) is 0 Å². The van der Waals surface area contributed by atoms with Crippen LogP contribution >= 0.6 is 27.3 Å². The molecule has 0 aliphatic carbocycles. The Hall–Kier alpha value is -1.79. The lowest BCUT2D eigenvalue weighted by Gasteiger charge is -2.06. The van der Waals surface area contributed by atoms with Crippen molar-refractivity contribution in [2.75, 3.05) is 5.32 Å². The SMILES string of the molecule is O=C(Nc1cc(F)c(Br)cc1F)c1cc2ccccc2s1. The minimum Gasteiger partial charge on any atom is -0.319 e. The Kier molecular flexibility index (Phi) is 3.73. The molecule has 0 spiro atoms. The van der Waals surface area contributed by atoms with Gasteiger partial charge < -0.3 is 5.32 Å². The molecule has 1 aromatic heterocycles. The Morgan fingerprint density at radius 3 is 2.62 bits per heavy atom. The highest BCUT2D eigenvalue weighted by molar-refractivity contribution is 9.10. The third-order valence-electron chi connectivity index (χ3n) is 2.91. The van der Waals surface area contributed by atoms with Crippen LogP contribution in [-0.4, -0.2) is 5.91 Å². The molecule has 3 aromatic rings. The zero-order chi connectivity index (χ0) is 15.0.